The van der Waals surface area contributed by atoms with Crippen LogP contribution in [0.2, 0.25) is 0 Å². The van der Waals surface area contributed by atoms with Gasteiger partial charge in [0.05, 0.1) is 42.1 Å². The van der Waals surface area contributed by atoms with E-state index >= 15 is 0 Å². The summed E-state index contributed by atoms with van der Waals surface area (Å²) in [7, 11) is -3.07. The monoisotopic (exact) mass is 373 g/mol. The van der Waals surface area contributed by atoms with Gasteiger partial charge >= 0.3 is 0 Å². The van der Waals surface area contributed by atoms with Gasteiger partial charge in [0, 0.05) is 6.04 Å². The largest absolute Gasteiger partial charge is 0.468 e. The minimum atomic E-state index is -3.07. The number of sulfone groups is 1. The average Bonchev–Trinajstić information content (AvgIpc) is 3.24. The van der Waals surface area contributed by atoms with Crippen LogP contribution in [0.25, 0.3) is 0 Å². The first-order valence-electron chi connectivity index (χ1n) is 8.23. The smallest absolute Gasteiger partial charge is 0.238 e. The lowest BCUT2D eigenvalue weighted by Crippen LogP contribution is -2.41. The second-order valence-corrected chi connectivity index (χ2v) is 8.48. The molecule has 1 fully saturated rings. The Hall–Kier alpha value is -2.63. The van der Waals surface area contributed by atoms with Gasteiger partial charge in [0.15, 0.2) is 9.84 Å². The first-order chi connectivity index (χ1) is 12.5. The number of anilines is 1. The maximum atomic E-state index is 12.5. The van der Waals surface area contributed by atoms with E-state index in [2.05, 4.69) is 5.32 Å². The fourth-order valence-electron chi connectivity index (χ4n) is 3.04. The maximum absolute atomic E-state index is 12.5. The number of benzene rings is 1. The number of rotatable bonds is 6. The molecule has 0 spiro atoms. The standard InChI is InChI=1S/C18H19N3O4S/c19-10-14-4-1-2-6-17(14)20-18(22)12-21(11-16-5-3-8-25-16)15-7-9-26(23,24)13-15/h1-6,8,15H,7,9,11-13H2,(H,20,22)/t15-/m1/s1. The van der Waals surface area contributed by atoms with E-state index in [1.54, 1.807) is 42.7 Å². The first-order valence-corrected chi connectivity index (χ1v) is 10.0. The number of carbonyl (C=O) groups is 1. The van der Waals surface area contributed by atoms with Gasteiger partial charge in [0.1, 0.15) is 11.8 Å². The lowest BCUT2D eigenvalue weighted by atomic mass is 10.2. The van der Waals surface area contributed by atoms with E-state index in [1.165, 1.54) is 0 Å². The van der Waals surface area contributed by atoms with Crippen molar-refractivity contribution >= 4 is 21.4 Å². The molecule has 26 heavy (non-hydrogen) atoms. The van der Waals surface area contributed by atoms with Crippen molar-refractivity contribution in [2.45, 2.75) is 19.0 Å². The van der Waals surface area contributed by atoms with E-state index in [-0.39, 0.29) is 30.0 Å². The summed E-state index contributed by atoms with van der Waals surface area (Å²) in [6, 6.07) is 12.1. The second kappa shape index (κ2) is 7.72. The summed E-state index contributed by atoms with van der Waals surface area (Å²) < 4.78 is 29.0. The predicted octanol–water partition coefficient (Wildman–Crippen LogP) is 1.78. The Balaban J connectivity index is 1.72. The molecular weight excluding hydrogens is 354 g/mol. The number of furan rings is 1. The number of nitrogens with one attached hydrogen (secondary N) is 1. The molecule has 7 nitrogen and oxygen atoms in total. The number of nitriles is 1. The van der Waals surface area contributed by atoms with Crippen molar-refractivity contribution in [2.24, 2.45) is 0 Å². The molecular formula is C18H19N3O4S. The number of para-hydroxylation sites is 1. The maximum Gasteiger partial charge on any atom is 0.238 e. The Labute approximate surface area is 152 Å². The Morgan fingerprint density at radius 1 is 1.31 bits per heavy atom. The third-order valence-electron chi connectivity index (χ3n) is 4.33. The lowest BCUT2D eigenvalue weighted by molar-refractivity contribution is -0.118. The van der Waals surface area contributed by atoms with Crippen molar-refractivity contribution in [3.05, 3.63) is 54.0 Å². The van der Waals surface area contributed by atoms with Crippen LogP contribution in [0, 0.1) is 11.3 Å². The summed E-state index contributed by atoms with van der Waals surface area (Å²) >= 11 is 0. The summed E-state index contributed by atoms with van der Waals surface area (Å²) in [6.07, 6.45) is 2.03. The highest BCUT2D eigenvalue weighted by Crippen LogP contribution is 2.21. The van der Waals surface area contributed by atoms with E-state index in [0.717, 1.165) is 0 Å². The molecule has 1 aliphatic heterocycles. The molecule has 1 atom stereocenters. The second-order valence-electron chi connectivity index (χ2n) is 6.25. The van der Waals surface area contributed by atoms with Crippen molar-refractivity contribution in [3.63, 3.8) is 0 Å². The summed E-state index contributed by atoms with van der Waals surface area (Å²) in [5.41, 5.74) is 0.818. The molecule has 1 aliphatic rings. The number of carbonyl (C=O) groups excluding carboxylic acids is 1. The van der Waals surface area contributed by atoms with Gasteiger partial charge in [0.2, 0.25) is 5.91 Å². The molecule has 1 N–H and O–H groups in total. The number of nitrogens with zero attached hydrogens (tertiary/aromatic N) is 2. The molecule has 2 aromatic rings. The molecule has 0 aliphatic carbocycles. The normalized spacial score (nSPS) is 18.5. The van der Waals surface area contributed by atoms with Crippen LogP contribution in [0.5, 0.6) is 0 Å². The summed E-state index contributed by atoms with van der Waals surface area (Å²) in [5, 5.41) is 11.9. The van der Waals surface area contributed by atoms with Gasteiger partial charge in [-0.05, 0) is 30.7 Å². The SMILES string of the molecule is N#Cc1ccccc1NC(=O)CN(Cc1ccco1)[C@@H]1CCS(=O)(=O)C1. The topological polar surface area (TPSA) is 103 Å². The van der Waals surface area contributed by atoms with Crippen LogP contribution >= 0.6 is 0 Å². The highest BCUT2D eigenvalue weighted by Gasteiger charge is 2.33. The quantitative estimate of drug-likeness (QED) is 0.828. The van der Waals surface area contributed by atoms with Gasteiger partial charge in [0.25, 0.3) is 0 Å². The third kappa shape index (κ3) is 4.50. The summed E-state index contributed by atoms with van der Waals surface area (Å²) in [6.45, 7) is 0.362. The number of hydrogen-bond acceptors (Lipinski definition) is 6. The molecule has 8 heteroatoms. The molecule has 0 bridgehead atoms. The predicted molar refractivity (Wildman–Crippen MR) is 96.0 cm³/mol. The third-order valence-corrected chi connectivity index (χ3v) is 6.08. The summed E-state index contributed by atoms with van der Waals surface area (Å²) in [5.74, 6) is 0.532. The molecule has 1 amide bonds. The van der Waals surface area contributed by atoms with Crippen LogP contribution in [0.4, 0.5) is 5.69 Å². The Kier molecular flexibility index (Phi) is 5.40. The Bertz CT molecular complexity index is 916. The highest BCUT2D eigenvalue weighted by molar-refractivity contribution is 7.91. The van der Waals surface area contributed by atoms with Crippen LogP contribution in [0.3, 0.4) is 0 Å². The highest BCUT2D eigenvalue weighted by atomic mass is 32.2. The zero-order valence-corrected chi connectivity index (χ0v) is 14.9. The van der Waals surface area contributed by atoms with Crippen LogP contribution in [0.1, 0.15) is 17.7 Å². The molecule has 1 saturated heterocycles. The first kappa shape index (κ1) is 18.2. The van der Waals surface area contributed by atoms with E-state index in [1.807, 2.05) is 11.0 Å². The molecule has 1 aromatic heterocycles. The number of amides is 1. The van der Waals surface area contributed by atoms with Crippen molar-refractivity contribution in [3.8, 4) is 6.07 Å². The minimum absolute atomic E-state index is 0.0145. The lowest BCUT2D eigenvalue weighted by Gasteiger charge is -2.26. The average molecular weight is 373 g/mol. The molecule has 136 valence electrons. The van der Waals surface area contributed by atoms with E-state index in [0.29, 0.717) is 30.0 Å². The molecule has 3 rings (SSSR count). The molecule has 0 unspecified atom stereocenters. The van der Waals surface area contributed by atoms with Crippen molar-refractivity contribution in [1.82, 2.24) is 4.90 Å². The van der Waals surface area contributed by atoms with Crippen LogP contribution in [-0.4, -0.2) is 43.3 Å². The van der Waals surface area contributed by atoms with E-state index in [4.69, 9.17) is 9.68 Å². The van der Waals surface area contributed by atoms with E-state index in [9.17, 15) is 13.2 Å². The van der Waals surface area contributed by atoms with Gasteiger partial charge in [-0.1, -0.05) is 12.1 Å². The fraction of sp³-hybridized carbons (Fsp3) is 0.333. The van der Waals surface area contributed by atoms with Crippen LogP contribution < -0.4 is 5.32 Å². The van der Waals surface area contributed by atoms with Crippen LogP contribution in [0.15, 0.2) is 47.1 Å². The van der Waals surface area contributed by atoms with Gasteiger partial charge in [-0.2, -0.15) is 5.26 Å². The van der Waals surface area contributed by atoms with Gasteiger partial charge in [-0.25, -0.2) is 8.42 Å². The number of hydrogen-bond donors (Lipinski definition) is 1. The Morgan fingerprint density at radius 3 is 2.77 bits per heavy atom. The molecule has 2 heterocycles. The van der Waals surface area contributed by atoms with Gasteiger partial charge in [-0.15, -0.1) is 0 Å². The zero-order chi connectivity index (χ0) is 18.6. The Morgan fingerprint density at radius 2 is 2.12 bits per heavy atom. The fourth-order valence-corrected chi connectivity index (χ4v) is 4.81. The van der Waals surface area contributed by atoms with Crippen molar-refractivity contribution < 1.29 is 17.6 Å². The molecule has 1 aromatic carbocycles. The van der Waals surface area contributed by atoms with Crippen LogP contribution in [-0.2, 0) is 21.2 Å². The summed E-state index contributed by atoms with van der Waals surface area (Å²) in [4.78, 5) is 14.3. The molecule has 0 radical (unpaired) electrons. The van der Waals surface area contributed by atoms with Gasteiger partial charge < -0.3 is 9.73 Å². The van der Waals surface area contributed by atoms with Crippen molar-refractivity contribution in [2.75, 3.05) is 23.4 Å². The minimum Gasteiger partial charge on any atom is -0.468 e. The van der Waals surface area contributed by atoms with Crippen molar-refractivity contribution in [1.29, 1.82) is 5.26 Å². The van der Waals surface area contributed by atoms with Gasteiger partial charge in [-0.3, -0.25) is 9.69 Å². The molecule has 0 saturated carbocycles. The van der Waals surface area contributed by atoms with E-state index < -0.39 is 9.84 Å². The zero-order valence-electron chi connectivity index (χ0n) is 14.1.